The molecule has 0 aliphatic heterocycles. The lowest BCUT2D eigenvalue weighted by Crippen LogP contribution is -2.30. The van der Waals surface area contributed by atoms with Gasteiger partial charge < -0.3 is 10.1 Å². The van der Waals surface area contributed by atoms with Gasteiger partial charge in [-0.2, -0.15) is 0 Å². The highest BCUT2D eigenvalue weighted by Gasteiger charge is 2.16. The van der Waals surface area contributed by atoms with E-state index in [-0.39, 0.29) is 5.91 Å². The van der Waals surface area contributed by atoms with Crippen LogP contribution in [0, 0.1) is 0 Å². The monoisotopic (exact) mass is 469 g/mol. The number of hydrogen-bond donors (Lipinski definition) is 1. The summed E-state index contributed by atoms with van der Waals surface area (Å²) in [7, 11) is 0. The van der Waals surface area contributed by atoms with Crippen molar-refractivity contribution in [1.29, 1.82) is 0 Å². The molecule has 9 heteroatoms. The van der Waals surface area contributed by atoms with Crippen LogP contribution in [0.25, 0.3) is 0 Å². The van der Waals surface area contributed by atoms with E-state index in [4.69, 9.17) is 16.3 Å². The van der Waals surface area contributed by atoms with Crippen LogP contribution in [0.3, 0.4) is 0 Å². The Bertz CT molecular complexity index is 892. The standard InChI is InChI=1S/C17H13BrClN3O2S2/c1-10(24-15-7-2-11(19)8-14(15)18)16(23)21-12-3-5-13(6-4-12)26-17-22-20-9-25-17/h2-10H,1H3,(H,21,23). The molecular formula is C17H13BrClN3O2S2. The Hall–Kier alpha value is -1.61. The van der Waals surface area contributed by atoms with E-state index in [9.17, 15) is 4.79 Å². The van der Waals surface area contributed by atoms with E-state index in [1.165, 1.54) is 23.1 Å². The molecule has 0 aliphatic carbocycles. The number of amides is 1. The van der Waals surface area contributed by atoms with Crippen LogP contribution in [0.1, 0.15) is 6.92 Å². The summed E-state index contributed by atoms with van der Waals surface area (Å²) < 4.78 is 7.26. The smallest absolute Gasteiger partial charge is 0.265 e. The fourth-order valence-electron chi connectivity index (χ4n) is 1.97. The topological polar surface area (TPSA) is 64.1 Å². The minimum atomic E-state index is -0.664. The Morgan fingerprint density at radius 3 is 2.73 bits per heavy atom. The molecule has 134 valence electrons. The predicted molar refractivity (Wildman–Crippen MR) is 108 cm³/mol. The number of hydrogen-bond acceptors (Lipinski definition) is 6. The fraction of sp³-hybridized carbons (Fsp3) is 0.118. The molecule has 0 aliphatic rings. The van der Waals surface area contributed by atoms with E-state index < -0.39 is 6.10 Å². The van der Waals surface area contributed by atoms with Gasteiger partial charge in [0.2, 0.25) is 0 Å². The first kappa shape index (κ1) is 19.2. The summed E-state index contributed by atoms with van der Waals surface area (Å²) in [5.74, 6) is 0.317. The third-order valence-corrected chi connectivity index (χ3v) is 5.87. The van der Waals surface area contributed by atoms with E-state index in [0.717, 1.165) is 9.24 Å². The highest BCUT2D eigenvalue weighted by Crippen LogP contribution is 2.30. The maximum Gasteiger partial charge on any atom is 0.265 e. The number of rotatable bonds is 6. The van der Waals surface area contributed by atoms with Crippen molar-refractivity contribution in [2.45, 2.75) is 22.3 Å². The first-order valence-corrected chi connectivity index (χ1v) is 10.3. The number of ether oxygens (including phenoxy) is 1. The molecule has 26 heavy (non-hydrogen) atoms. The molecule has 1 heterocycles. The van der Waals surface area contributed by atoms with Crippen molar-refractivity contribution in [3.05, 3.63) is 57.5 Å². The van der Waals surface area contributed by atoms with Gasteiger partial charge in [-0.05, 0) is 65.3 Å². The first-order chi connectivity index (χ1) is 12.5. The molecule has 3 aromatic rings. The van der Waals surface area contributed by atoms with E-state index in [1.807, 2.05) is 24.3 Å². The number of anilines is 1. The van der Waals surface area contributed by atoms with Crippen molar-refractivity contribution in [3.8, 4) is 5.75 Å². The number of nitrogens with zero attached hydrogens (tertiary/aromatic N) is 2. The van der Waals surface area contributed by atoms with Crippen molar-refractivity contribution < 1.29 is 9.53 Å². The molecule has 0 saturated heterocycles. The van der Waals surface area contributed by atoms with E-state index in [1.54, 1.807) is 30.6 Å². The number of nitrogens with one attached hydrogen (secondary N) is 1. The van der Waals surface area contributed by atoms with Gasteiger partial charge in [0.15, 0.2) is 10.4 Å². The maximum absolute atomic E-state index is 12.3. The summed E-state index contributed by atoms with van der Waals surface area (Å²) in [4.78, 5) is 13.4. The molecule has 0 saturated carbocycles. The number of benzene rings is 2. The Kier molecular flexibility index (Phi) is 6.53. The summed E-state index contributed by atoms with van der Waals surface area (Å²) in [5.41, 5.74) is 2.39. The van der Waals surface area contributed by atoms with Gasteiger partial charge in [0.1, 0.15) is 11.3 Å². The molecule has 0 bridgehead atoms. The van der Waals surface area contributed by atoms with Gasteiger partial charge in [-0.25, -0.2) is 0 Å². The summed E-state index contributed by atoms with van der Waals surface area (Å²) in [5, 5.41) is 11.2. The van der Waals surface area contributed by atoms with Crippen LogP contribution in [0.15, 0.2) is 61.7 Å². The second kappa shape index (κ2) is 8.85. The van der Waals surface area contributed by atoms with Crippen LogP contribution >= 0.6 is 50.6 Å². The lowest BCUT2D eigenvalue weighted by molar-refractivity contribution is -0.122. The zero-order valence-electron chi connectivity index (χ0n) is 13.5. The number of aromatic nitrogens is 2. The Balaban J connectivity index is 1.58. The highest BCUT2D eigenvalue weighted by atomic mass is 79.9. The molecule has 1 aromatic heterocycles. The predicted octanol–water partition coefficient (Wildman–Crippen LogP) is 5.51. The molecule has 1 N–H and O–H groups in total. The van der Waals surface area contributed by atoms with Gasteiger partial charge in [0.05, 0.1) is 4.47 Å². The highest BCUT2D eigenvalue weighted by molar-refractivity contribution is 9.10. The Morgan fingerprint density at radius 2 is 2.08 bits per heavy atom. The van der Waals surface area contributed by atoms with Crippen molar-refractivity contribution in [2.24, 2.45) is 0 Å². The normalized spacial score (nSPS) is 11.8. The SMILES string of the molecule is CC(Oc1ccc(Cl)cc1Br)C(=O)Nc1ccc(Sc2nncs2)cc1. The molecule has 1 amide bonds. The summed E-state index contributed by atoms with van der Waals surface area (Å²) in [6.45, 7) is 1.69. The molecule has 0 fully saturated rings. The molecular weight excluding hydrogens is 458 g/mol. The van der Waals surface area contributed by atoms with Gasteiger partial charge in [0.25, 0.3) is 5.91 Å². The molecule has 0 radical (unpaired) electrons. The van der Waals surface area contributed by atoms with Crippen LogP contribution < -0.4 is 10.1 Å². The Morgan fingerprint density at radius 1 is 1.31 bits per heavy atom. The zero-order chi connectivity index (χ0) is 18.5. The van der Waals surface area contributed by atoms with Crippen LogP contribution in [0.2, 0.25) is 5.02 Å². The van der Waals surface area contributed by atoms with Gasteiger partial charge in [-0.3, -0.25) is 4.79 Å². The van der Waals surface area contributed by atoms with Crippen molar-refractivity contribution in [2.75, 3.05) is 5.32 Å². The van der Waals surface area contributed by atoms with Crippen LogP contribution in [0.4, 0.5) is 5.69 Å². The zero-order valence-corrected chi connectivity index (χ0v) is 17.5. The van der Waals surface area contributed by atoms with E-state index in [2.05, 4.69) is 31.4 Å². The van der Waals surface area contributed by atoms with Crippen LogP contribution in [-0.4, -0.2) is 22.2 Å². The molecule has 0 spiro atoms. The number of halogens is 2. The minimum Gasteiger partial charge on any atom is -0.480 e. The van der Waals surface area contributed by atoms with Crippen LogP contribution in [0.5, 0.6) is 5.75 Å². The summed E-state index contributed by atoms with van der Waals surface area (Å²) in [6, 6.07) is 12.7. The van der Waals surface area contributed by atoms with Gasteiger partial charge in [-0.1, -0.05) is 34.7 Å². The van der Waals surface area contributed by atoms with Crippen molar-refractivity contribution >= 4 is 62.2 Å². The maximum atomic E-state index is 12.3. The summed E-state index contributed by atoms with van der Waals surface area (Å²) >= 11 is 12.3. The number of carbonyl (C=O) groups excluding carboxylic acids is 1. The van der Waals surface area contributed by atoms with Crippen molar-refractivity contribution in [3.63, 3.8) is 0 Å². The second-order valence-electron chi connectivity index (χ2n) is 5.16. The minimum absolute atomic E-state index is 0.239. The van der Waals surface area contributed by atoms with Gasteiger partial charge in [-0.15, -0.1) is 10.2 Å². The average Bonchev–Trinajstić information content (AvgIpc) is 3.12. The van der Waals surface area contributed by atoms with Gasteiger partial charge >= 0.3 is 0 Å². The van der Waals surface area contributed by atoms with E-state index in [0.29, 0.717) is 20.9 Å². The average molecular weight is 471 g/mol. The molecule has 1 unspecified atom stereocenters. The number of carbonyl (C=O) groups is 1. The lowest BCUT2D eigenvalue weighted by atomic mass is 10.3. The molecule has 5 nitrogen and oxygen atoms in total. The van der Waals surface area contributed by atoms with Gasteiger partial charge in [0, 0.05) is 15.6 Å². The third kappa shape index (κ3) is 5.20. The molecule has 3 rings (SSSR count). The molecule has 1 atom stereocenters. The summed E-state index contributed by atoms with van der Waals surface area (Å²) in [6.07, 6.45) is -0.664. The van der Waals surface area contributed by atoms with Crippen LogP contribution in [-0.2, 0) is 4.79 Å². The molecule has 2 aromatic carbocycles. The lowest BCUT2D eigenvalue weighted by Gasteiger charge is -2.16. The second-order valence-corrected chi connectivity index (χ2v) is 8.60. The first-order valence-electron chi connectivity index (χ1n) is 7.48. The fourth-order valence-corrected chi connectivity index (χ4v) is 4.20. The van der Waals surface area contributed by atoms with E-state index >= 15 is 0 Å². The van der Waals surface area contributed by atoms with Crippen molar-refractivity contribution in [1.82, 2.24) is 10.2 Å². The Labute approximate surface area is 172 Å². The third-order valence-electron chi connectivity index (χ3n) is 3.23. The largest absolute Gasteiger partial charge is 0.480 e. The quantitative estimate of drug-likeness (QED) is 0.514.